The normalized spacial score (nSPS) is 13.2. The minimum absolute atomic E-state index is 0.426. The van der Waals surface area contributed by atoms with Crippen LogP contribution in [0.15, 0.2) is 24.3 Å². The number of halogens is 2. The molecule has 78 valence electrons. The second kappa shape index (κ2) is 5.92. The van der Waals surface area contributed by atoms with Gasteiger partial charge in [-0.3, -0.25) is 0 Å². The van der Waals surface area contributed by atoms with Crippen LogP contribution in [0.3, 0.4) is 0 Å². The van der Waals surface area contributed by atoms with Gasteiger partial charge in [0.2, 0.25) is 0 Å². The predicted molar refractivity (Wildman–Crippen MR) is 70.4 cm³/mol. The van der Waals surface area contributed by atoms with Crippen LogP contribution in [0.4, 0.5) is 0 Å². The molecular formula is C12H16Br2. The summed E-state index contributed by atoms with van der Waals surface area (Å²) in [4.78, 5) is 0.426. The lowest BCUT2D eigenvalue weighted by atomic mass is 10.0. The molecule has 2 heteroatoms. The van der Waals surface area contributed by atoms with Gasteiger partial charge in [0, 0.05) is 10.2 Å². The van der Waals surface area contributed by atoms with Crippen molar-refractivity contribution in [2.24, 2.45) is 5.92 Å². The lowest BCUT2D eigenvalue weighted by Gasteiger charge is -2.08. The maximum atomic E-state index is 3.61. The van der Waals surface area contributed by atoms with Crippen molar-refractivity contribution in [3.8, 4) is 0 Å². The Morgan fingerprint density at radius 2 is 1.71 bits per heavy atom. The average molecular weight is 320 g/mol. The molecule has 0 heterocycles. The summed E-state index contributed by atoms with van der Waals surface area (Å²) in [5.41, 5.74) is 2.77. The SMILES string of the molecule is CC(C)Cc1ccc(C(Br)CBr)cc1. The Hall–Kier alpha value is 0.180. The van der Waals surface area contributed by atoms with Crippen molar-refractivity contribution in [2.75, 3.05) is 5.33 Å². The first-order valence-electron chi connectivity index (χ1n) is 4.92. The molecule has 1 atom stereocenters. The van der Waals surface area contributed by atoms with Gasteiger partial charge in [-0.1, -0.05) is 70.0 Å². The predicted octanol–water partition coefficient (Wildman–Crippen LogP) is 4.72. The van der Waals surface area contributed by atoms with E-state index in [-0.39, 0.29) is 0 Å². The van der Waals surface area contributed by atoms with Crippen molar-refractivity contribution in [3.63, 3.8) is 0 Å². The summed E-state index contributed by atoms with van der Waals surface area (Å²) in [5, 5.41) is 0.955. The van der Waals surface area contributed by atoms with Crippen LogP contribution in [0, 0.1) is 5.92 Å². The van der Waals surface area contributed by atoms with Crippen molar-refractivity contribution < 1.29 is 0 Å². The van der Waals surface area contributed by atoms with Gasteiger partial charge in [0.25, 0.3) is 0 Å². The highest BCUT2D eigenvalue weighted by atomic mass is 79.9. The molecule has 0 aliphatic heterocycles. The first kappa shape index (κ1) is 12.3. The zero-order chi connectivity index (χ0) is 10.6. The molecule has 0 fully saturated rings. The Labute approximate surface area is 103 Å². The standard InChI is InChI=1S/C12H16Br2/c1-9(2)7-10-3-5-11(6-4-10)12(14)8-13/h3-6,9,12H,7-8H2,1-2H3. The molecule has 1 rings (SSSR count). The van der Waals surface area contributed by atoms with Gasteiger partial charge >= 0.3 is 0 Å². The van der Waals surface area contributed by atoms with E-state index in [4.69, 9.17) is 0 Å². The van der Waals surface area contributed by atoms with Gasteiger partial charge in [0.1, 0.15) is 0 Å². The largest absolute Gasteiger partial charge is 0.0912 e. The zero-order valence-electron chi connectivity index (χ0n) is 8.63. The van der Waals surface area contributed by atoms with Crippen LogP contribution in [0.1, 0.15) is 29.8 Å². The van der Waals surface area contributed by atoms with Crippen LogP contribution in [0.2, 0.25) is 0 Å². The number of hydrogen-bond acceptors (Lipinski definition) is 0. The highest BCUT2D eigenvalue weighted by Gasteiger charge is 2.05. The molecule has 0 amide bonds. The summed E-state index contributed by atoms with van der Waals surface area (Å²) in [7, 11) is 0. The average Bonchev–Trinajstić information content (AvgIpc) is 2.17. The Bertz CT molecular complexity index is 264. The fraction of sp³-hybridized carbons (Fsp3) is 0.500. The smallest absolute Gasteiger partial charge is 0.0492 e. The zero-order valence-corrected chi connectivity index (χ0v) is 11.8. The molecule has 0 N–H and O–H groups in total. The van der Waals surface area contributed by atoms with Crippen LogP contribution in [0.5, 0.6) is 0 Å². The molecule has 0 aliphatic carbocycles. The summed E-state index contributed by atoms with van der Waals surface area (Å²) >= 11 is 7.08. The van der Waals surface area contributed by atoms with E-state index in [1.165, 1.54) is 17.5 Å². The van der Waals surface area contributed by atoms with E-state index in [1.54, 1.807) is 0 Å². The third kappa shape index (κ3) is 3.74. The van der Waals surface area contributed by atoms with Crippen LogP contribution in [0.25, 0.3) is 0 Å². The topological polar surface area (TPSA) is 0 Å². The second-order valence-electron chi connectivity index (χ2n) is 3.96. The molecule has 0 saturated heterocycles. The molecule has 1 aromatic rings. The van der Waals surface area contributed by atoms with Crippen molar-refractivity contribution >= 4 is 31.9 Å². The molecule has 0 nitrogen and oxygen atoms in total. The lowest BCUT2D eigenvalue weighted by Crippen LogP contribution is -1.95. The molecule has 0 saturated carbocycles. The number of alkyl halides is 2. The molecule has 0 spiro atoms. The molecular weight excluding hydrogens is 304 g/mol. The number of hydrogen-bond donors (Lipinski definition) is 0. The minimum atomic E-state index is 0.426. The van der Waals surface area contributed by atoms with E-state index in [1.807, 2.05) is 0 Å². The van der Waals surface area contributed by atoms with Gasteiger partial charge in [-0.2, -0.15) is 0 Å². The van der Waals surface area contributed by atoms with E-state index < -0.39 is 0 Å². The van der Waals surface area contributed by atoms with E-state index in [9.17, 15) is 0 Å². The fourth-order valence-corrected chi connectivity index (χ4v) is 2.10. The van der Waals surface area contributed by atoms with E-state index in [2.05, 4.69) is 70.0 Å². The molecule has 1 unspecified atom stereocenters. The highest BCUT2D eigenvalue weighted by Crippen LogP contribution is 2.25. The number of benzene rings is 1. The van der Waals surface area contributed by atoms with E-state index >= 15 is 0 Å². The third-order valence-electron chi connectivity index (χ3n) is 2.12. The van der Waals surface area contributed by atoms with Crippen molar-refractivity contribution in [1.82, 2.24) is 0 Å². The van der Waals surface area contributed by atoms with Crippen LogP contribution in [-0.4, -0.2) is 5.33 Å². The maximum absolute atomic E-state index is 3.61. The van der Waals surface area contributed by atoms with Gasteiger partial charge in [0.05, 0.1) is 0 Å². The van der Waals surface area contributed by atoms with Crippen LogP contribution < -0.4 is 0 Å². The summed E-state index contributed by atoms with van der Waals surface area (Å²) in [6.07, 6.45) is 1.17. The highest BCUT2D eigenvalue weighted by molar-refractivity contribution is 9.12. The molecule has 0 aliphatic rings. The summed E-state index contributed by atoms with van der Waals surface area (Å²) < 4.78 is 0. The molecule has 1 aromatic carbocycles. The number of rotatable bonds is 4. The maximum Gasteiger partial charge on any atom is 0.0492 e. The Kier molecular flexibility index (Phi) is 5.18. The first-order valence-corrected chi connectivity index (χ1v) is 6.96. The molecule has 14 heavy (non-hydrogen) atoms. The monoisotopic (exact) mass is 318 g/mol. The second-order valence-corrected chi connectivity index (χ2v) is 5.71. The van der Waals surface area contributed by atoms with Crippen molar-refractivity contribution in [2.45, 2.75) is 25.1 Å². The third-order valence-corrected chi connectivity index (χ3v) is 4.49. The van der Waals surface area contributed by atoms with Gasteiger partial charge in [-0.05, 0) is 23.5 Å². The van der Waals surface area contributed by atoms with E-state index in [0.717, 1.165) is 11.2 Å². The molecule has 0 radical (unpaired) electrons. The van der Waals surface area contributed by atoms with Crippen LogP contribution in [-0.2, 0) is 6.42 Å². The first-order chi connectivity index (χ1) is 6.63. The van der Waals surface area contributed by atoms with E-state index in [0.29, 0.717) is 4.83 Å². The molecule has 0 aromatic heterocycles. The summed E-state index contributed by atoms with van der Waals surface area (Å²) in [6.45, 7) is 4.50. The molecule has 0 bridgehead atoms. The van der Waals surface area contributed by atoms with Crippen molar-refractivity contribution in [1.29, 1.82) is 0 Å². The van der Waals surface area contributed by atoms with Gasteiger partial charge in [0.15, 0.2) is 0 Å². The van der Waals surface area contributed by atoms with Crippen LogP contribution >= 0.6 is 31.9 Å². The van der Waals surface area contributed by atoms with Gasteiger partial charge < -0.3 is 0 Å². The fourth-order valence-electron chi connectivity index (χ4n) is 1.42. The lowest BCUT2D eigenvalue weighted by molar-refractivity contribution is 0.647. The van der Waals surface area contributed by atoms with Crippen molar-refractivity contribution in [3.05, 3.63) is 35.4 Å². The quantitative estimate of drug-likeness (QED) is 0.705. The Morgan fingerprint density at radius 1 is 1.14 bits per heavy atom. The summed E-state index contributed by atoms with van der Waals surface area (Å²) in [6, 6.07) is 8.87. The Morgan fingerprint density at radius 3 is 2.14 bits per heavy atom. The van der Waals surface area contributed by atoms with Gasteiger partial charge in [-0.25, -0.2) is 0 Å². The summed E-state index contributed by atoms with van der Waals surface area (Å²) in [5.74, 6) is 0.733. The van der Waals surface area contributed by atoms with Gasteiger partial charge in [-0.15, -0.1) is 0 Å². The minimum Gasteiger partial charge on any atom is -0.0912 e. The Balaban J connectivity index is 2.68.